The van der Waals surface area contributed by atoms with Crippen LogP contribution in [0.5, 0.6) is 0 Å². The molecule has 0 aromatic carbocycles. The molecule has 1 aromatic rings. The van der Waals surface area contributed by atoms with Gasteiger partial charge in [-0.3, -0.25) is 0 Å². The molecule has 14 heavy (non-hydrogen) atoms. The van der Waals surface area contributed by atoms with Gasteiger partial charge in [-0.25, -0.2) is 4.98 Å². The Hall–Kier alpha value is -0.820. The second-order valence-electron chi connectivity index (χ2n) is 3.77. The minimum Gasteiger partial charge on any atom is -0.244 e. The number of aromatic nitrogens is 1. The van der Waals surface area contributed by atoms with Gasteiger partial charge in [-0.05, 0) is 43.7 Å². The lowest BCUT2D eigenvalue weighted by Gasteiger charge is -2.12. The predicted molar refractivity (Wildman–Crippen MR) is 59.5 cm³/mol. The first-order chi connectivity index (χ1) is 6.84. The van der Waals surface area contributed by atoms with E-state index >= 15 is 0 Å². The minimum absolute atomic E-state index is 0.575. The number of hydrogen-bond donors (Lipinski definition) is 0. The summed E-state index contributed by atoms with van der Waals surface area (Å²) in [4.78, 5) is 4.08. The summed E-state index contributed by atoms with van der Waals surface area (Å²) in [7, 11) is 0. The van der Waals surface area contributed by atoms with Crippen LogP contribution in [-0.4, -0.2) is 4.98 Å². The zero-order chi connectivity index (χ0) is 9.80. The van der Waals surface area contributed by atoms with E-state index in [-0.39, 0.29) is 0 Å². The zero-order valence-electron chi connectivity index (χ0n) is 8.17. The van der Waals surface area contributed by atoms with E-state index in [4.69, 9.17) is 11.6 Å². The third-order valence-corrected chi connectivity index (χ3v) is 2.83. The second kappa shape index (κ2) is 4.61. The molecule has 0 aliphatic heterocycles. The Bertz CT molecular complexity index is 327. The van der Waals surface area contributed by atoms with Crippen molar-refractivity contribution in [2.45, 2.75) is 32.1 Å². The monoisotopic (exact) mass is 207 g/mol. The Morgan fingerprint density at radius 1 is 1.29 bits per heavy atom. The van der Waals surface area contributed by atoms with E-state index in [9.17, 15) is 0 Å². The summed E-state index contributed by atoms with van der Waals surface area (Å²) in [6, 6.07) is 3.92. The number of halogens is 1. The zero-order valence-corrected chi connectivity index (χ0v) is 8.93. The van der Waals surface area contributed by atoms with Gasteiger partial charge in [-0.1, -0.05) is 29.3 Å². The fraction of sp³-hybridized carbons (Fsp3) is 0.417. The topological polar surface area (TPSA) is 12.9 Å². The van der Waals surface area contributed by atoms with Crippen molar-refractivity contribution in [1.29, 1.82) is 0 Å². The summed E-state index contributed by atoms with van der Waals surface area (Å²) in [5.74, 6) is 0. The van der Waals surface area contributed by atoms with Gasteiger partial charge in [0.05, 0.1) is 0 Å². The maximum atomic E-state index is 5.73. The van der Waals surface area contributed by atoms with Gasteiger partial charge in [0.1, 0.15) is 5.15 Å². The van der Waals surface area contributed by atoms with Crippen molar-refractivity contribution in [3.63, 3.8) is 0 Å². The molecular weight excluding hydrogens is 194 g/mol. The molecule has 1 aromatic heterocycles. The Labute approximate surface area is 89.8 Å². The Balaban J connectivity index is 2.03. The second-order valence-corrected chi connectivity index (χ2v) is 4.16. The van der Waals surface area contributed by atoms with Crippen molar-refractivity contribution in [2.75, 3.05) is 0 Å². The molecule has 0 amide bonds. The molecule has 0 atom stereocenters. The third-order valence-electron chi connectivity index (χ3n) is 2.60. The molecule has 2 heteroatoms. The Kier molecular flexibility index (Phi) is 3.20. The summed E-state index contributed by atoms with van der Waals surface area (Å²) < 4.78 is 0. The highest BCUT2D eigenvalue weighted by atomic mass is 35.5. The quantitative estimate of drug-likeness (QED) is 0.531. The molecule has 0 spiro atoms. The molecule has 0 unspecified atom stereocenters. The van der Waals surface area contributed by atoms with E-state index in [0.717, 1.165) is 6.42 Å². The molecule has 74 valence electrons. The van der Waals surface area contributed by atoms with Crippen molar-refractivity contribution in [3.05, 3.63) is 40.7 Å². The van der Waals surface area contributed by atoms with Crippen molar-refractivity contribution < 1.29 is 0 Å². The largest absolute Gasteiger partial charge is 0.244 e. The first-order valence-electron chi connectivity index (χ1n) is 5.13. The number of rotatable bonds is 2. The van der Waals surface area contributed by atoms with Crippen LogP contribution in [0.15, 0.2) is 30.0 Å². The average Bonchev–Trinajstić information content (AvgIpc) is 2.23. The standard InChI is InChI=1S/C12H14ClN/c13-12-7-6-11(9-14-12)8-10-4-2-1-3-5-10/h4,6-7,9H,1-3,5,8H2. The van der Waals surface area contributed by atoms with Gasteiger partial charge >= 0.3 is 0 Å². The molecule has 1 heterocycles. The van der Waals surface area contributed by atoms with Crippen LogP contribution in [0.4, 0.5) is 0 Å². The summed E-state index contributed by atoms with van der Waals surface area (Å²) in [6.07, 6.45) is 10.5. The van der Waals surface area contributed by atoms with Crippen LogP contribution in [0, 0.1) is 0 Å². The van der Waals surface area contributed by atoms with Crippen LogP contribution in [0.1, 0.15) is 31.2 Å². The fourth-order valence-electron chi connectivity index (χ4n) is 1.84. The van der Waals surface area contributed by atoms with Crippen LogP contribution in [0.25, 0.3) is 0 Å². The highest BCUT2D eigenvalue weighted by molar-refractivity contribution is 6.29. The van der Waals surface area contributed by atoms with Crippen molar-refractivity contribution >= 4 is 11.6 Å². The molecule has 0 saturated carbocycles. The summed E-state index contributed by atoms with van der Waals surface area (Å²) in [5, 5.41) is 0.575. The number of allylic oxidation sites excluding steroid dienone is 2. The van der Waals surface area contributed by atoms with E-state index in [1.165, 1.54) is 31.2 Å². The minimum atomic E-state index is 0.575. The van der Waals surface area contributed by atoms with Crippen LogP contribution in [0.3, 0.4) is 0 Å². The molecule has 0 N–H and O–H groups in total. The van der Waals surface area contributed by atoms with Gasteiger partial charge in [0, 0.05) is 6.20 Å². The highest BCUT2D eigenvalue weighted by Gasteiger charge is 2.04. The average molecular weight is 208 g/mol. The molecule has 0 radical (unpaired) electrons. The van der Waals surface area contributed by atoms with Crippen LogP contribution < -0.4 is 0 Å². The molecule has 0 fully saturated rings. The van der Waals surface area contributed by atoms with Crippen LogP contribution >= 0.6 is 11.6 Å². The maximum Gasteiger partial charge on any atom is 0.129 e. The van der Waals surface area contributed by atoms with Gasteiger partial charge in [0.2, 0.25) is 0 Å². The Morgan fingerprint density at radius 3 is 2.86 bits per heavy atom. The van der Waals surface area contributed by atoms with E-state index in [2.05, 4.69) is 17.1 Å². The first-order valence-corrected chi connectivity index (χ1v) is 5.51. The lowest BCUT2D eigenvalue weighted by Crippen LogP contribution is -1.96. The number of hydrogen-bond acceptors (Lipinski definition) is 1. The SMILES string of the molecule is Clc1ccc(CC2=CCCCC2)cn1. The molecule has 2 rings (SSSR count). The fourth-order valence-corrected chi connectivity index (χ4v) is 1.95. The van der Waals surface area contributed by atoms with Crippen molar-refractivity contribution in [1.82, 2.24) is 4.98 Å². The lowest BCUT2D eigenvalue weighted by molar-refractivity contribution is 0.688. The molecule has 0 saturated heterocycles. The smallest absolute Gasteiger partial charge is 0.129 e. The summed E-state index contributed by atoms with van der Waals surface area (Å²) >= 11 is 5.73. The lowest BCUT2D eigenvalue weighted by atomic mass is 9.95. The van der Waals surface area contributed by atoms with E-state index < -0.39 is 0 Å². The first kappa shape index (κ1) is 9.72. The highest BCUT2D eigenvalue weighted by Crippen LogP contribution is 2.21. The summed E-state index contributed by atoms with van der Waals surface area (Å²) in [5.41, 5.74) is 2.82. The van der Waals surface area contributed by atoms with Gasteiger partial charge in [0.15, 0.2) is 0 Å². The number of pyridine rings is 1. The molecule has 1 nitrogen and oxygen atoms in total. The van der Waals surface area contributed by atoms with E-state index in [1.807, 2.05) is 12.3 Å². The van der Waals surface area contributed by atoms with Crippen molar-refractivity contribution in [2.24, 2.45) is 0 Å². The Morgan fingerprint density at radius 2 is 2.21 bits per heavy atom. The van der Waals surface area contributed by atoms with Gasteiger partial charge in [0.25, 0.3) is 0 Å². The van der Waals surface area contributed by atoms with E-state index in [0.29, 0.717) is 5.15 Å². The maximum absolute atomic E-state index is 5.73. The molecule has 1 aliphatic rings. The molecule has 1 aliphatic carbocycles. The van der Waals surface area contributed by atoms with Crippen LogP contribution in [-0.2, 0) is 6.42 Å². The predicted octanol–water partition coefficient (Wildman–Crippen LogP) is 3.78. The van der Waals surface area contributed by atoms with Crippen LogP contribution in [0.2, 0.25) is 5.15 Å². The molecular formula is C12H14ClN. The van der Waals surface area contributed by atoms with Gasteiger partial charge in [-0.15, -0.1) is 0 Å². The number of nitrogens with zero attached hydrogens (tertiary/aromatic N) is 1. The van der Waals surface area contributed by atoms with Gasteiger partial charge < -0.3 is 0 Å². The summed E-state index contributed by atoms with van der Waals surface area (Å²) in [6.45, 7) is 0. The normalized spacial score (nSPS) is 16.5. The van der Waals surface area contributed by atoms with Crippen molar-refractivity contribution in [3.8, 4) is 0 Å². The van der Waals surface area contributed by atoms with Gasteiger partial charge in [-0.2, -0.15) is 0 Å². The third kappa shape index (κ3) is 2.58. The van der Waals surface area contributed by atoms with E-state index in [1.54, 1.807) is 5.57 Å². The molecule has 0 bridgehead atoms.